The van der Waals surface area contributed by atoms with E-state index in [-0.39, 0.29) is 6.04 Å². The summed E-state index contributed by atoms with van der Waals surface area (Å²) in [5.74, 6) is 0. The SMILES string of the molecule is CNC(Cc1ccc(Cl)cc1)c1ccnnc1. The second-order valence-electron chi connectivity index (χ2n) is 3.85. The highest BCUT2D eigenvalue weighted by Gasteiger charge is 2.09. The second kappa shape index (κ2) is 5.75. The number of rotatable bonds is 4. The van der Waals surface area contributed by atoms with E-state index in [4.69, 9.17) is 11.6 Å². The molecule has 1 unspecified atom stereocenters. The van der Waals surface area contributed by atoms with Crippen molar-refractivity contribution in [3.05, 3.63) is 58.9 Å². The van der Waals surface area contributed by atoms with E-state index in [1.807, 2.05) is 37.4 Å². The number of aromatic nitrogens is 2. The third kappa shape index (κ3) is 3.25. The molecule has 4 heteroatoms. The highest BCUT2D eigenvalue weighted by Crippen LogP contribution is 2.18. The first-order valence-electron chi connectivity index (χ1n) is 5.48. The molecule has 17 heavy (non-hydrogen) atoms. The molecule has 1 aromatic heterocycles. The van der Waals surface area contributed by atoms with Crippen molar-refractivity contribution in [3.63, 3.8) is 0 Å². The van der Waals surface area contributed by atoms with Gasteiger partial charge in [0.2, 0.25) is 0 Å². The van der Waals surface area contributed by atoms with Crippen LogP contribution in [0.4, 0.5) is 0 Å². The summed E-state index contributed by atoms with van der Waals surface area (Å²) in [6, 6.07) is 10.1. The van der Waals surface area contributed by atoms with E-state index >= 15 is 0 Å². The molecule has 0 amide bonds. The number of halogens is 1. The lowest BCUT2D eigenvalue weighted by molar-refractivity contribution is 0.588. The molecule has 3 nitrogen and oxygen atoms in total. The van der Waals surface area contributed by atoms with Gasteiger partial charge in [-0.15, -0.1) is 0 Å². The standard InChI is InChI=1S/C13H14ClN3/c1-15-13(11-6-7-16-17-9-11)8-10-2-4-12(14)5-3-10/h2-7,9,13,15H,8H2,1H3. The average Bonchev–Trinajstić information content (AvgIpc) is 2.39. The van der Waals surface area contributed by atoms with Crippen molar-refractivity contribution in [3.8, 4) is 0 Å². The van der Waals surface area contributed by atoms with E-state index in [1.165, 1.54) is 5.56 Å². The molecule has 0 aliphatic heterocycles. The summed E-state index contributed by atoms with van der Waals surface area (Å²) in [7, 11) is 1.95. The van der Waals surface area contributed by atoms with Crippen LogP contribution in [0.5, 0.6) is 0 Å². The summed E-state index contributed by atoms with van der Waals surface area (Å²) in [5, 5.41) is 11.7. The molecule has 2 aromatic rings. The zero-order valence-corrected chi connectivity index (χ0v) is 10.4. The maximum Gasteiger partial charge on any atom is 0.0544 e. The molecular weight excluding hydrogens is 234 g/mol. The van der Waals surface area contributed by atoms with Gasteiger partial charge in [-0.25, -0.2) is 0 Å². The Morgan fingerprint density at radius 3 is 2.53 bits per heavy atom. The van der Waals surface area contributed by atoms with Crippen molar-refractivity contribution >= 4 is 11.6 Å². The Morgan fingerprint density at radius 2 is 1.94 bits per heavy atom. The van der Waals surface area contributed by atoms with Crippen LogP contribution in [0.25, 0.3) is 0 Å². The Morgan fingerprint density at radius 1 is 1.18 bits per heavy atom. The lowest BCUT2D eigenvalue weighted by Crippen LogP contribution is -2.19. The van der Waals surface area contributed by atoms with Gasteiger partial charge in [0.15, 0.2) is 0 Å². The fourth-order valence-electron chi connectivity index (χ4n) is 1.75. The lowest BCUT2D eigenvalue weighted by atomic mass is 10.0. The molecule has 0 radical (unpaired) electrons. The summed E-state index contributed by atoms with van der Waals surface area (Å²) in [6.45, 7) is 0. The molecule has 88 valence electrons. The van der Waals surface area contributed by atoms with E-state index < -0.39 is 0 Å². The number of hydrogen-bond acceptors (Lipinski definition) is 3. The zero-order valence-electron chi connectivity index (χ0n) is 9.60. The Bertz CT molecular complexity index is 456. The van der Waals surface area contributed by atoms with Crippen molar-refractivity contribution < 1.29 is 0 Å². The normalized spacial score (nSPS) is 12.4. The third-order valence-electron chi connectivity index (χ3n) is 2.71. The molecule has 0 bridgehead atoms. The Labute approximate surface area is 106 Å². The van der Waals surface area contributed by atoms with Crippen LogP contribution < -0.4 is 5.32 Å². The van der Waals surface area contributed by atoms with Crippen LogP contribution in [-0.2, 0) is 6.42 Å². The first-order chi connectivity index (χ1) is 8.29. The molecule has 0 aliphatic rings. The maximum atomic E-state index is 5.87. The van der Waals surface area contributed by atoms with Crippen LogP contribution >= 0.6 is 11.6 Å². The quantitative estimate of drug-likeness (QED) is 0.903. The minimum absolute atomic E-state index is 0.242. The average molecular weight is 248 g/mol. The first kappa shape index (κ1) is 12.0. The van der Waals surface area contributed by atoms with Gasteiger partial charge in [0.25, 0.3) is 0 Å². The number of likely N-dealkylation sites (N-methyl/N-ethyl adjacent to an activating group) is 1. The smallest absolute Gasteiger partial charge is 0.0544 e. The highest BCUT2D eigenvalue weighted by atomic mass is 35.5. The Hall–Kier alpha value is -1.45. The molecule has 2 rings (SSSR count). The molecule has 0 spiro atoms. The summed E-state index contributed by atoms with van der Waals surface area (Å²) in [5.41, 5.74) is 2.38. The van der Waals surface area contributed by atoms with Gasteiger partial charge in [-0.2, -0.15) is 10.2 Å². The highest BCUT2D eigenvalue weighted by molar-refractivity contribution is 6.30. The number of benzene rings is 1. The second-order valence-corrected chi connectivity index (χ2v) is 4.28. The third-order valence-corrected chi connectivity index (χ3v) is 2.96. The Kier molecular flexibility index (Phi) is 4.07. The fraction of sp³-hybridized carbons (Fsp3) is 0.231. The van der Waals surface area contributed by atoms with E-state index in [2.05, 4.69) is 15.5 Å². The zero-order chi connectivity index (χ0) is 12.1. The van der Waals surface area contributed by atoms with Gasteiger partial charge in [-0.1, -0.05) is 23.7 Å². The van der Waals surface area contributed by atoms with Gasteiger partial charge in [-0.3, -0.25) is 0 Å². The molecule has 0 aliphatic carbocycles. The topological polar surface area (TPSA) is 37.8 Å². The maximum absolute atomic E-state index is 5.87. The lowest BCUT2D eigenvalue weighted by Gasteiger charge is -2.15. The van der Waals surface area contributed by atoms with Crippen molar-refractivity contribution in [1.29, 1.82) is 0 Å². The van der Waals surface area contributed by atoms with Crippen LogP contribution in [0.2, 0.25) is 5.02 Å². The van der Waals surface area contributed by atoms with Gasteiger partial charge in [0, 0.05) is 17.3 Å². The largest absolute Gasteiger partial charge is 0.313 e. The van der Waals surface area contributed by atoms with Crippen LogP contribution in [0.1, 0.15) is 17.2 Å². The predicted molar refractivity (Wildman–Crippen MR) is 69.0 cm³/mol. The molecule has 1 N–H and O–H groups in total. The summed E-state index contributed by atoms with van der Waals surface area (Å²) in [4.78, 5) is 0. The van der Waals surface area contributed by atoms with Crippen molar-refractivity contribution in [2.45, 2.75) is 12.5 Å². The van der Waals surface area contributed by atoms with E-state index in [1.54, 1.807) is 12.4 Å². The Balaban J connectivity index is 2.13. The summed E-state index contributed by atoms with van der Waals surface area (Å²) >= 11 is 5.87. The number of nitrogens with zero attached hydrogens (tertiary/aromatic N) is 2. The molecular formula is C13H14ClN3. The minimum Gasteiger partial charge on any atom is -0.313 e. The fourth-order valence-corrected chi connectivity index (χ4v) is 1.88. The molecule has 0 fully saturated rings. The monoisotopic (exact) mass is 247 g/mol. The predicted octanol–water partition coefficient (Wildman–Crippen LogP) is 2.63. The van der Waals surface area contributed by atoms with Gasteiger partial charge >= 0.3 is 0 Å². The van der Waals surface area contributed by atoms with E-state index in [0.29, 0.717) is 0 Å². The van der Waals surface area contributed by atoms with Crippen LogP contribution in [0.15, 0.2) is 42.7 Å². The molecule has 1 aromatic carbocycles. The number of nitrogens with one attached hydrogen (secondary N) is 1. The summed E-state index contributed by atoms with van der Waals surface area (Å²) in [6.07, 6.45) is 4.40. The van der Waals surface area contributed by atoms with Gasteiger partial charge in [0.05, 0.1) is 6.20 Å². The van der Waals surface area contributed by atoms with Crippen LogP contribution in [0, 0.1) is 0 Å². The molecule has 0 saturated carbocycles. The van der Waals surface area contributed by atoms with Gasteiger partial charge in [-0.05, 0) is 42.8 Å². The van der Waals surface area contributed by atoms with Crippen molar-refractivity contribution in [1.82, 2.24) is 15.5 Å². The molecule has 1 heterocycles. The number of hydrogen-bond donors (Lipinski definition) is 1. The van der Waals surface area contributed by atoms with Gasteiger partial charge in [0.1, 0.15) is 0 Å². The summed E-state index contributed by atoms with van der Waals surface area (Å²) < 4.78 is 0. The van der Waals surface area contributed by atoms with E-state index in [0.717, 1.165) is 17.0 Å². The molecule has 0 saturated heterocycles. The van der Waals surface area contributed by atoms with Crippen molar-refractivity contribution in [2.75, 3.05) is 7.05 Å². The molecule has 1 atom stereocenters. The minimum atomic E-state index is 0.242. The van der Waals surface area contributed by atoms with Crippen molar-refractivity contribution in [2.24, 2.45) is 0 Å². The first-order valence-corrected chi connectivity index (χ1v) is 5.85. The van der Waals surface area contributed by atoms with Gasteiger partial charge < -0.3 is 5.32 Å². The van der Waals surface area contributed by atoms with Crippen LogP contribution in [0.3, 0.4) is 0 Å². The van der Waals surface area contributed by atoms with E-state index in [9.17, 15) is 0 Å². The van der Waals surface area contributed by atoms with Crippen LogP contribution in [-0.4, -0.2) is 17.2 Å².